The molecule has 0 amide bonds. The van der Waals surface area contributed by atoms with Gasteiger partial charge in [-0.05, 0) is 30.3 Å². The molecule has 0 bridgehead atoms. The normalized spacial score (nSPS) is 10.6. The average molecular weight is 468 g/mol. The molecule has 9 heteroatoms. The number of methoxy groups -OCH3 is 2. The summed E-state index contributed by atoms with van der Waals surface area (Å²) in [6.45, 7) is 0. The number of aldehydes is 1. The molecule has 7 nitrogen and oxygen atoms in total. The molecule has 0 saturated heterocycles. The van der Waals surface area contributed by atoms with E-state index in [2.05, 4.69) is 16.4 Å². The molecule has 0 fully saturated rings. The third kappa shape index (κ3) is 3.82. The van der Waals surface area contributed by atoms with Gasteiger partial charge in [-0.15, -0.1) is 0 Å². The highest BCUT2D eigenvalue weighted by Gasteiger charge is 2.18. The quantitative estimate of drug-likeness (QED) is 0.334. The topological polar surface area (TPSA) is 97.4 Å². The van der Waals surface area contributed by atoms with Crippen LogP contribution in [0.1, 0.15) is 16.1 Å². The van der Waals surface area contributed by atoms with Gasteiger partial charge in [0.2, 0.25) is 0 Å². The van der Waals surface area contributed by atoms with Gasteiger partial charge in [-0.2, -0.15) is 5.26 Å². The van der Waals surface area contributed by atoms with Crippen molar-refractivity contribution in [1.82, 2.24) is 4.98 Å². The van der Waals surface area contributed by atoms with Crippen molar-refractivity contribution in [3.8, 4) is 28.9 Å². The molecule has 2 aromatic carbocycles. The maximum Gasteiger partial charge on any atom is 0.185 e. The van der Waals surface area contributed by atoms with Gasteiger partial charge in [-0.1, -0.05) is 23.2 Å². The maximum atomic E-state index is 11.0. The Kier molecular flexibility index (Phi) is 5.91. The molecule has 32 heavy (non-hydrogen) atoms. The zero-order chi connectivity index (χ0) is 22.8. The van der Waals surface area contributed by atoms with E-state index in [0.717, 1.165) is 0 Å². The van der Waals surface area contributed by atoms with Crippen molar-refractivity contribution in [3.63, 3.8) is 0 Å². The second-order valence-corrected chi connectivity index (χ2v) is 7.45. The second kappa shape index (κ2) is 8.79. The Bertz CT molecular complexity index is 1390. The van der Waals surface area contributed by atoms with Gasteiger partial charge in [0.15, 0.2) is 12.0 Å². The van der Waals surface area contributed by atoms with E-state index in [1.165, 1.54) is 20.4 Å². The van der Waals surface area contributed by atoms with Crippen molar-refractivity contribution < 1.29 is 18.7 Å². The molecular formula is C23H15Cl2N3O4. The minimum Gasteiger partial charge on any atom is -0.496 e. The maximum absolute atomic E-state index is 11.0. The SMILES string of the molecule is COc1cc(Nc2c(C#N)cnc3cc(-c4ccc(C=O)o4)c(OC)cc23)c(Cl)cc1Cl. The first-order chi connectivity index (χ1) is 15.5. The Morgan fingerprint density at radius 1 is 1.09 bits per heavy atom. The summed E-state index contributed by atoms with van der Waals surface area (Å²) in [6, 6.07) is 12.1. The summed E-state index contributed by atoms with van der Waals surface area (Å²) >= 11 is 12.5. The predicted molar refractivity (Wildman–Crippen MR) is 122 cm³/mol. The van der Waals surface area contributed by atoms with Gasteiger partial charge in [0.1, 0.15) is 23.3 Å². The monoisotopic (exact) mass is 467 g/mol. The van der Waals surface area contributed by atoms with Crippen LogP contribution in [0.5, 0.6) is 11.5 Å². The molecule has 1 N–H and O–H groups in total. The zero-order valence-electron chi connectivity index (χ0n) is 16.9. The van der Waals surface area contributed by atoms with Crippen LogP contribution >= 0.6 is 23.2 Å². The van der Waals surface area contributed by atoms with E-state index in [1.54, 1.807) is 36.4 Å². The van der Waals surface area contributed by atoms with Crippen LogP contribution in [0.25, 0.3) is 22.2 Å². The molecule has 0 aliphatic rings. The highest BCUT2D eigenvalue weighted by molar-refractivity contribution is 6.37. The summed E-state index contributed by atoms with van der Waals surface area (Å²) in [5.74, 6) is 1.56. The summed E-state index contributed by atoms with van der Waals surface area (Å²) in [5.41, 5.74) is 2.48. The molecule has 2 aromatic heterocycles. The summed E-state index contributed by atoms with van der Waals surface area (Å²) in [5, 5.41) is 14.2. The third-order valence-corrected chi connectivity index (χ3v) is 5.43. The van der Waals surface area contributed by atoms with Gasteiger partial charge < -0.3 is 19.2 Å². The lowest BCUT2D eigenvalue weighted by molar-refractivity contribution is 0.110. The largest absolute Gasteiger partial charge is 0.496 e. The van der Waals surface area contributed by atoms with Crippen molar-refractivity contribution in [2.75, 3.05) is 19.5 Å². The lowest BCUT2D eigenvalue weighted by Crippen LogP contribution is -1.99. The van der Waals surface area contributed by atoms with Crippen LogP contribution in [0, 0.1) is 11.3 Å². The van der Waals surface area contributed by atoms with Crippen molar-refractivity contribution in [2.24, 2.45) is 0 Å². The minimum atomic E-state index is 0.198. The van der Waals surface area contributed by atoms with Crippen molar-refractivity contribution in [1.29, 1.82) is 5.26 Å². The van der Waals surface area contributed by atoms with Gasteiger partial charge in [0.05, 0.1) is 52.3 Å². The summed E-state index contributed by atoms with van der Waals surface area (Å²) < 4.78 is 16.4. The number of hydrogen-bond acceptors (Lipinski definition) is 7. The second-order valence-electron chi connectivity index (χ2n) is 6.64. The van der Waals surface area contributed by atoms with Gasteiger partial charge in [-0.3, -0.25) is 9.78 Å². The molecule has 0 aliphatic heterocycles. The zero-order valence-corrected chi connectivity index (χ0v) is 18.4. The number of anilines is 2. The first kappa shape index (κ1) is 21.5. The van der Waals surface area contributed by atoms with Crippen LogP contribution in [-0.2, 0) is 0 Å². The number of nitrogens with zero attached hydrogens (tertiary/aromatic N) is 2. The molecule has 0 unspecified atom stereocenters. The number of carbonyl (C=O) groups excluding carboxylic acids is 1. The summed E-state index contributed by atoms with van der Waals surface area (Å²) in [7, 11) is 3.02. The van der Waals surface area contributed by atoms with E-state index in [9.17, 15) is 10.1 Å². The van der Waals surface area contributed by atoms with Crippen LogP contribution < -0.4 is 14.8 Å². The number of hydrogen-bond donors (Lipinski definition) is 1. The molecule has 0 atom stereocenters. The number of rotatable bonds is 6. The number of aromatic nitrogens is 1. The molecule has 0 spiro atoms. The molecule has 0 radical (unpaired) electrons. The standard InChI is InChI=1S/C23H15Cl2N3O4/c1-30-21-6-14-18(5-15(21)20-4-3-13(11-29)32-20)27-10-12(9-26)23(14)28-19-8-22(31-2)17(25)7-16(19)24/h3-8,10-11H,1-2H3,(H,27,28). The minimum absolute atomic E-state index is 0.198. The Labute approximate surface area is 193 Å². The Hall–Kier alpha value is -3.73. The van der Waals surface area contributed by atoms with E-state index in [0.29, 0.717) is 67.0 Å². The summed E-state index contributed by atoms with van der Waals surface area (Å²) in [6.07, 6.45) is 2.08. The van der Waals surface area contributed by atoms with Crippen molar-refractivity contribution in [3.05, 3.63) is 64.0 Å². The molecule has 160 valence electrons. The fourth-order valence-electron chi connectivity index (χ4n) is 3.28. The highest BCUT2D eigenvalue weighted by atomic mass is 35.5. The smallest absolute Gasteiger partial charge is 0.185 e. The van der Waals surface area contributed by atoms with Crippen molar-refractivity contribution >= 4 is 51.8 Å². The number of nitrogens with one attached hydrogen (secondary N) is 1. The molecule has 0 saturated carbocycles. The van der Waals surface area contributed by atoms with Crippen LogP contribution in [0.3, 0.4) is 0 Å². The number of fused-ring (bicyclic) bond motifs is 1. The van der Waals surface area contributed by atoms with Crippen molar-refractivity contribution in [2.45, 2.75) is 0 Å². The predicted octanol–water partition coefficient (Wildman–Crippen LogP) is 6.25. The van der Waals surface area contributed by atoms with Gasteiger partial charge in [0, 0.05) is 17.6 Å². The third-order valence-electron chi connectivity index (χ3n) is 4.82. The number of nitriles is 1. The van der Waals surface area contributed by atoms with Gasteiger partial charge in [0.25, 0.3) is 0 Å². The van der Waals surface area contributed by atoms with Crippen LogP contribution in [-0.4, -0.2) is 25.5 Å². The molecule has 0 aliphatic carbocycles. The molecule has 4 aromatic rings. The Morgan fingerprint density at radius 2 is 1.88 bits per heavy atom. The Balaban J connectivity index is 1.91. The number of halogens is 2. The van der Waals surface area contributed by atoms with E-state index in [1.807, 2.05) is 0 Å². The lowest BCUT2D eigenvalue weighted by Gasteiger charge is -2.16. The lowest BCUT2D eigenvalue weighted by atomic mass is 10.0. The highest BCUT2D eigenvalue weighted by Crippen LogP contribution is 2.41. The van der Waals surface area contributed by atoms with Gasteiger partial charge in [-0.25, -0.2) is 0 Å². The number of furan rings is 1. The first-order valence-corrected chi connectivity index (χ1v) is 10.0. The molecule has 2 heterocycles. The van der Waals surface area contributed by atoms with Crippen LogP contribution in [0.2, 0.25) is 10.0 Å². The number of pyridine rings is 1. The first-order valence-electron chi connectivity index (χ1n) is 9.25. The van der Waals surface area contributed by atoms with Crippen LogP contribution in [0.15, 0.2) is 47.0 Å². The average Bonchev–Trinajstić information content (AvgIpc) is 3.29. The number of ether oxygens (including phenoxy) is 2. The fourth-order valence-corrected chi connectivity index (χ4v) is 3.78. The fraction of sp³-hybridized carbons (Fsp3) is 0.0870. The van der Waals surface area contributed by atoms with E-state index in [-0.39, 0.29) is 5.76 Å². The van der Waals surface area contributed by atoms with E-state index < -0.39 is 0 Å². The van der Waals surface area contributed by atoms with E-state index >= 15 is 0 Å². The Morgan fingerprint density at radius 3 is 2.53 bits per heavy atom. The van der Waals surface area contributed by atoms with E-state index in [4.69, 9.17) is 37.1 Å². The number of benzene rings is 2. The number of carbonyl (C=O) groups is 1. The molecule has 4 rings (SSSR count). The summed E-state index contributed by atoms with van der Waals surface area (Å²) in [4.78, 5) is 15.4. The molecular weight excluding hydrogens is 453 g/mol. The van der Waals surface area contributed by atoms with Gasteiger partial charge >= 0.3 is 0 Å². The van der Waals surface area contributed by atoms with Crippen LogP contribution in [0.4, 0.5) is 11.4 Å².